The molecule has 1 heterocycles. The minimum absolute atomic E-state index is 0.347. The molecule has 0 fully saturated rings. The quantitative estimate of drug-likeness (QED) is 0.870. The number of rotatable bonds is 4. The summed E-state index contributed by atoms with van der Waals surface area (Å²) >= 11 is 7.37. The molecule has 2 rings (SSSR count). The largest absolute Gasteiger partial charge is 0.451 e. The summed E-state index contributed by atoms with van der Waals surface area (Å²) in [5.74, 6) is -0.930. The zero-order valence-corrected chi connectivity index (χ0v) is 13.2. The van der Waals surface area contributed by atoms with E-state index in [1.807, 2.05) is 19.9 Å². The van der Waals surface area contributed by atoms with Crippen molar-refractivity contribution >= 4 is 40.5 Å². The summed E-state index contributed by atoms with van der Waals surface area (Å²) < 4.78 is 4.94. The second-order valence-corrected chi connectivity index (χ2v) is 5.90. The third kappa shape index (κ3) is 4.06. The molecule has 1 amide bonds. The van der Waals surface area contributed by atoms with Gasteiger partial charge in [-0.2, -0.15) is 0 Å². The fraction of sp³-hybridized carbons (Fsp3) is 0.200. The number of aryl methyl sites for hydroxylation is 2. The molecular formula is C15H14ClNO3S. The summed E-state index contributed by atoms with van der Waals surface area (Å²) in [6.45, 7) is 3.43. The van der Waals surface area contributed by atoms with Gasteiger partial charge in [0, 0.05) is 0 Å². The van der Waals surface area contributed by atoms with Gasteiger partial charge in [-0.25, -0.2) is 4.79 Å². The van der Waals surface area contributed by atoms with Crippen molar-refractivity contribution in [2.24, 2.45) is 0 Å². The standard InChI is InChI=1S/C15H14ClNO3S/c1-9-6-10(2)14(11(16)7-9)17-13(18)8-20-15(19)12-4-3-5-21-12/h3-7H,8H2,1-2H3,(H,17,18). The van der Waals surface area contributed by atoms with Gasteiger partial charge in [-0.3, -0.25) is 4.79 Å². The number of ether oxygens (including phenoxy) is 1. The molecular weight excluding hydrogens is 310 g/mol. The van der Waals surface area contributed by atoms with E-state index in [1.165, 1.54) is 11.3 Å². The van der Waals surface area contributed by atoms with Gasteiger partial charge < -0.3 is 10.1 Å². The molecule has 0 saturated carbocycles. The first-order valence-corrected chi connectivity index (χ1v) is 7.50. The zero-order valence-electron chi connectivity index (χ0n) is 11.6. The van der Waals surface area contributed by atoms with Gasteiger partial charge in [-0.1, -0.05) is 23.7 Å². The number of esters is 1. The highest BCUT2D eigenvalue weighted by molar-refractivity contribution is 7.11. The second kappa shape index (κ2) is 6.74. The minimum atomic E-state index is -0.508. The van der Waals surface area contributed by atoms with Crippen LogP contribution in [0.2, 0.25) is 5.02 Å². The highest BCUT2D eigenvalue weighted by atomic mass is 35.5. The van der Waals surface area contributed by atoms with Crippen LogP contribution in [0.3, 0.4) is 0 Å². The maximum Gasteiger partial charge on any atom is 0.348 e. The monoisotopic (exact) mass is 323 g/mol. The Hall–Kier alpha value is -1.85. The Morgan fingerprint density at radius 3 is 2.71 bits per heavy atom. The predicted molar refractivity (Wildman–Crippen MR) is 84.2 cm³/mol. The number of amides is 1. The third-order valence-corrected chi connectivity index (χ3v) is 3.90. The number of anilines is 1. The lowest BCUT2D eigenvalue weighted by Crippen LogP contribution is -2.21. The summed E-state index contributed by atoms with van der Waals surface area (Å²) in [5.41, 5.74) is 2.41. The Morgan fingerprint density at radius 2 is 2.10 bits per heavy atom. The fourth-order valence-corrected chi connectivity index (χ4v) is 2.83. The summed E-state index contributed by atoms with van der Waals surface area (Å²) in [6, 6.07) is 7.07. The van der Waals surface area contributed by atoms with Crippen molar-refractivity contribution in [3.8, 4) is 0 Å². The molecule has 1 aromatic heterocycles. The van der Waals surface area contributed by atoms with E-state index in [4.69, 9.17) is 16.3 Å². The average molecular weight is 324 g/mol. The molecule has 2 aromatic rings. The molecule has 0 spiro atoms. The molecule has 110 valence electrons. The summed E-state index contributed by atoms with van der Waals surface area (Å²) in [6.07, 6.45) is 0. The van der Waals surface area contributed by atoms with Crippen LogP contribution in [0, 0.1) is 13.8 Å². The number of hydrogen-bond donors (Lipinski definition) is 1. The van der Waals surface area contributed by atoms with E-state index in [9.17, 15) is 9.59 Å². The second-order valence-electron chi connectivity index (χ2n) is 4.54. The van der Waals surface area contributed by atoms with Crippen LogP contribution in [0.25, 0.3) is 0 Å². The van der Waals surface area contributed by atoms with Gasteiger partial charge >= 0.3 is 5.97 Å². The summed E-state index contributed by atoms with van der Waals surface area (Å²) in [7, 11) is 0. The Morgan fingerprint density at radius 1 is 1.33 bits per heavy atom. The lowest BCUT2D eigenvalue weighted by Gasteiger charge is -2.11. The van der Waals surface area contributed by atoms with Crippen LogP contribution in [0.4, 0.5) is 5.69 Å². The molecule has 21 heavy (non-hydrogen) atoms. The van der Waals surface area contributed by atoms with Crippen molar-refractivity contribution in [2.75, 3.05) is 11.9 Å². The fourth-order valence-electron chi connectivity index (χ4n) is 1.85. The Bertz CT molecular complexity index is 645. The normalized spacial score (nSPS) is 10.2. The van der Waals surface area contributed by atoms with Gasteiger partial charge in [0.05, 0.1) is 10.7 Å². The van der Waals surface area contributed by atoms with Crippen molar-refractivity contribution in [1.82, 2.24) is 0 Å². The zero-order chi connectivity index (χ0) is 15.4. The van der Waals surface area contributed by atoms with Gasteiger partial charge in [0.15, 0.2) is 6.61 Å². The number of carbonyl (C=O) groups excluding carboxylic acids is 2. The Balaban J connectivity index is 1.95. The van der Waals surface area contributed by atoms with Crippen LogP contribution in [0.5, 0.6) is 0 Å². The average Bonchev–Trinajstić information content (AvgIpc) is 2.94. The summed E-state index contributed by atoms with van der Waals surface area (Å²) in [4.78, 5) is 23.9. The van der Waals surface area contributed by atoms with E-state index >= 15 is 0 Å². The SMILES string of the molecule is Cc1cc(C)c(NC(=O)COC(=O)c2cccs2)c(Cl)c1. The molecule has 0 aliphatic carbocycles. The highest BCUT2D eigenvalue weighted by Crippen LogP contribution is 2.27. The van der Waals surface area contributed by atoms with Crippen molar-refractivity contribution in [3.05, 3.63) is 50.7 Å². The molecule has 0 radical (unpaired) electrons. The number of thiophene rings is 1. The predicted octanol–water partition coefficient (Wildman–Crippen LogP) is 3.81. The van der Waals surface area contributed by atoms with E-state index < -0.39 is 11.9 Å². The van der Waals surface area contributed by atoms with Gasteiger partial charge in [-0.15, -0.1) is 11.3 Å². The van der Waals surface area contributed by atoms with E-state index in [2.05, 4.69) is 5.32 Å². The van der Waals surface area contributed by atoms with Crippen molar-refractivity contribution < 1.29 is 14.3 Å². The van der Waals surface area contributed by atoms with Crippen LogP contribution in [0.1, 0.15) is 20.8 Å². The van der Waals surface area contributed by atoms with Crippen molar-refractivity contribution in [3.63, 3.8) is 0 Å². The molecule has 4 nitrogen and oxygen atoms in total. The highest BCUT2D eigenvalue weighted by Gasteiger charge is 2.13. The smallest absolute Gasteiger partial charge is 0.348 e. The first-order chi connectivity index (χ1) is 9.97. The van der Waals surface area contributed by atoms with Gasteiger partial charge in [0.25, 0.3) is 5.91 Å². The van der Waals surface area contributed by atoms with Gasteiger partial charge in [0.2, 0.25) is 0 Å². The molecule has 0 aliphatic heterocycles. The van der Waals surface area contributed by atoms with Crippen LogP contribution in [-0.4, -0.2) is 18.5 Å². The third-order valence-electron chi connectivity index (χ3n) is 2.75. The molecule has 0 atom stereocenters. The van der Waals surface area contributed by atoms with Crippen LogP contribution in [0.15, 0.2) is 29.6 Å². The molecule has 0 unspecified atom stereocenters. The minimum Gasteiger partial charge on any atom is -0.451 e. The van der Waals surface area contributed by atoms with E-state index in [0.29, 0.717) is 15.6 Å². The molecule has 1 aromatic carbocycles. The topological polar surface area (TPSA) is 55.4 Å². The number of benzene rings is 1. The van der Waals surface area contributed by atoms with E-state index in [-0.39, 0.29) is 6.61 Å². The van der Waals surface area contributed by atoms with Crippen molar-refractivity contribution in [2.45, 2.75) is 13.8 Å². The maximum absolute atomic E-state index is 11.8. The van der Waals surface area contributed by atoms with Crippen LogP contribution >= 0.6 is 22.9 Å². The molecule has 0 bridgehead atoms. The van der Waals surface area contributed by atoms with E-state index in [1.54, 1.807) is 23.6 Å². The Labute approximate surface area is 131 Å². The van der Waals surface area contributed by atoms with Crippen molar-refractivity contribution in [1.29, 1.82) is 0 Å². The first-order valence-electron chi connectivity index (χ1n) is 6.24. The number of nitrogens with one attached hydrogen (secondary N) is 1. The van der Waals surface area contributed by atoms with Crippen LogP contribution < -0.4 is 5.32 Å². The summed E-state index contributed by atoms with van der Waals surface area (Å²) in [5, 5.41) is 4.89. The first kappa shape index (κ1) is 15.5. The lowest BCUT2D eigenvalue weighted by atomic mass is 10.1. The van der Waals surface area contributed by atoms with Crippen LogP contribution in [-0.2, 0) is 9.53 Å². The maximum atomic E-state index is 11.8. The Kier molecular flexibility index (Phi) is 4.98. The molecule has 0 saturated heterocycles. The number of halogens is 1. The van der Waals surface area contributed by atoms with Gasteiger partial charge in [-0.05, 0) is 42.5 Å². The van der Waals surface area contributed by atoms with Gasteiger partial charge in [0.1, 0.15) is 4.88 Å². The number of carbonyl (C=O) groups is 2. The lowest BCUT2D eigenvalue weighted by molar-refractivity contribution is -0.119. The molecule has 0 aliphatic rings. The molecule has 1 N–H and O–H groups in total. The molecule has 6 heteroatoms. The van der Waals surface area contributed by atoms with E-state index in [0.717, 1.165) is 11.1 Å². The number of hydrogen-bond acceptors (Lipinski definition) is 4.